The van der Waals surface area contributed by atoms with E-state index >= 15 is 0 Å². The second kappa shape index (κ2) is 7.24. The molecule has 0 rings (SSSR count). The summed E-state index contributed by atoms with van der Waals surface area (Å²) < 4.78 is 5.61. The molecule has 0 bridgehead atoms. The average molecular weight is 215 g/mol. The first kappa shape index (κ1) is 14.9. The van der Waals surface area contributed by atoms with E-state index < -0.39 is 0 Å². The summed E-state index contributed by atoms with van der Waals surface area (Å²) in [7, 11) is 0. The highest BCUT2D eigenvalue weighted by Gasteiger charge is 2.17. The lowest BCUT2D eigenvalue weighted by atomic mass is 9.89. The quantitative estimate of drug-likeness (QED) is 0.628. The summed E-state index contributed by atoms with van der Waals surface area (Å²) >= 11 is 0. The van der Waals surface area contributed by atoms with Gasteiger partial charge in [-0.15, -0.1) is 0 Å². The molecule has 0 aromatic rings. The van der Waals surface area contributed by atoms with E-state index in [0.717, 1.165) is 26.2 Å². The highest BCUT2D eigenvalue weighted by atomic mass is 16.5. The van der Waals surface area contributed by atoms with E-state index in [1.807, 2.05) is 0 Å². The summed E-state index contributed by atoms with van der Waals surface area (Å²) in [6.07, 6.45) is 1.12. The number of hydrogen-bond donors (Lipinski definition) is 1. The molecular weight excluding hydrogens is 186 g/mol. The summed E-state index contributed by atoms with van der Waals surface area (Å²) in [4.78, 5) is 0. The minimum Gasteiger partial charge on any atom is -0.381 e. The Kier molecular flexibility index (Phi) is 7.20. The van der Waals surface area contributed by atoms with Crippen molar-refractivity contribution in [3.05, 3.63) is 0 Å². The Morgan fingerprint density at radius 3 is 2.20 bits per heavy atom. The minimum atomic E-state index is 0.335. The molecule has 0 radical (unpaired) electrons. The predicted molar refractivity (Wildman–Crippen MR) is 67.2 cm³/mol. The van der Waals surface area contributed by atoms with Crippen LogP contribution in [0.15, 0.2) is 0 Å². The summed E-state index contributed by atoms with van der Waals surface area (Å²) in [5.74, 6) is 0.641. The first-order valence-corrected chi connectivity index (χ1v) is 6.14. The number of rotatable bonds is 8. The Morgan fingerprint density at radius 1 is 1.13 bits per heavy atom. The molecule has 2 heteroatoms. The Morgan fingerprint density at radius 2 is 1.73 bits per heavy atom. The van der Waals surface area contributed by atoms with Crippen LogP contribution in [0.4, 0.5) is 0 Å². The summed E-state index contributed by atoms with van der Waals surface area (Å²) in [6.45, 7) is 16.2. The van der Waals surface area contributed by atoms with Gasteiger partial charge in [0.25, 0.3) is 0 Å². The molecule has 0 saturated heterocycles. The molecular formula is C13H29NO. The van der Waals surface area contributed by atoms with E-state index in [2.05, 4.69) is 46.9 Å². The van der Waals surface area contributed by atoms with Crippen molar-refractivity contribution in [2.24, 2.45) is 11.3 Å². The molecule has 0 aliphatic rings. The molecule has 0 aliphatic carbocycles. The molecule has 0 heterocycles. The third-order valence-corrected chi connectivity index (χ3v) is 2.36. The molecule has 0 aromatic carbocycles. The van der Waals surface area contributed by atoms with Gasteiger partial charge in [0, 0.05) is 25.8 Å². The molecule has 0 spiro atoms. The molecule has 0 fully saturated rings. The molecule has 2 nitrogen and oxygen atoms in total. The van der Waals surface area contributed by atoms with Gasteiger partial charge in [0.05, 0.1) is 0 Å². The molecule has 15 heavy (non-hydrogen) atoms. The predicted octanol–water partition coefficient (Wildman–Crippen LogP) is 3.07. The van der Waals surface area contributed by atoms with Crippen LogP contribution >= 0.6 is 0 Å². The zero-order valence-corrected chi connectivity index (χ0v) is 11.4. The van der Waals surface area contributed by atoms with Crippen LogP contribution in [0.25, 0.3) is 0 Å². The molecule has 0 aromatic heterocycles. The molecule has 0 atom stereocenters. The fraction of sp³-hybridized carbons (Fsp3) is 1.00. The second-order valence-corrected chi connectivity index (χ2v) is 5.92. The van der Waals surface area contributed by atoms with Gasteiger partial charge in [0.1, 0.15) is 0 Å². The Labute approximate surface area is 95.8 Å². The van der Waals surface area contributed by atoms with E-state index in [-0.39, 0.29) is 0 Å². The smallest absolute Gasteiger partial charge is 0.0488 e. The molecule has 92 valence electrons. The Bertz CT molecular complexity index is 153. The molecule has 1 N–H and O–H groups in total. The topological polar surface area (TPSA) is 21.3 Å². The average Bonchev–Trinajstić information content (AvgIpc) is 2.09. The van der Waals surface area contributed by atoms with Crippen molar-refractivity contribution < 1.29 is 4.74 Å². The SMILES string of the molecule is CC(C)COCCC(C)(C)CNC(C)C. The minimum absolute atomic E-state index is 0.335. The zero-order chi connectivity index (χ0) is 11.9. The van der Waals surface area contributed by atoms with Crippen molar-refractivity contribution in [2.45, 2.75) is 54.0 Å². The fourth-order valence-corrected chi connectivity index (χ4v) is 1.24. The lowest BCUT2D eigenvalue weighted by molar-refractivity contribution is 0.0839. The van der Waals surface area contributed by atoms with Gasteiger partial charge in [-0.05, 0) is 17.8 Å². The van der Waals surface area contributed by atoms with Crippen molar-refractivity contribution in [2.75, 3.05) is 19.8 Å². The summed E-state index contributed by atoms with van der Waals surface area (Å²) in [6, 6.07) is 0.570. The third-order valence-electron chi connectivity index (χ3n) is 2.36. The highest BCUT2D eigenvalue weighted by molar-refractivity contribution is 4.72. The fourth-order valence-electron chi connectivity index (χ4n) is 1.24. The summed E-state index contributed by atoms with van der Waals surface area (Å²) in [5, 5.41) is 3.48. The Hall–Kier alpha value is -0.0800. The van der Waals surface area contributed by atoms with Gasteiger partial charge in [0.2, 0.25) is 0 Å². The number of hydrogen-bond acceptors (Lipinski definition) is 2. The van der Waals surface area contributed by atoms with Crippen LogP contribution in [0.1, 0.15) is 48.0 Å². The lowest BCUT2D eigenvalue weighted by Gasteiger charge is -2.26. The van der Waals surface area contributed by atoms with Crippen LogP contribution in [0.2, 0.25) is 0 Å². The molecule has 0 aliphatic heterocycles. The molecule has 0 saturated carbocycles. The van der Waals surface area contributed by atoms with Crippen LogP contribution in [-0.2, 0) is 4.74 Å². The van der Waals surface area contributed by atoms with Crippen LogP contribution in [0, 0.1) is 11.3 Å². The lowest BCUT2D eigenvalue weighted by Crippen LogP contribution is -2.34. The third kappa shape index (κ3) is 10.2. The van der Waals surface area contributed by atoms with Crippen molar-refractivity contribution in [3.63, 3.8) is 0 Å². The highest BCUT2D eigenvalue weighted by Crippen LogP contribution is 2.19. The van der Waals surface area contributed by atoms with Gasteiger partial charge in [0.15, 0.2) is 0 Å². The number of nitrogens with one attached hydrogen (secondary N) is 1. The van der Waals surface area contributed by atoms with E-state index in [1.165, 1.54) is 0 Å². The van der Waals surface area contributed by atoms with Crippen molar-refractivity contribution in [3.8, 4) is 0 Å². The van der Waals surface area contributed by atoms with Gasteiger partial charge in [-0.1, -0.05) is 41.5 Å². The van der Waals surface area contributed by atoms with Crippen LogP contribution < -0.4 is 5.32 Å². The van der Waals surface area contributed by atoms with Gasteiger partial charge in [-0.2, -0.15) is 0 Å². The van der Waals surface area contributed by atoms with E-state index in [4.69, 9.17) is 4.74 Å². The van der Waals surface area contributed by atoms with Gasteiger partial charge >= 0.3 is 0 Å². The van der Waals surface area contributed by atoms with Gasteiger partial charge in [-0.25, -0.2) is 0 Å². The van der Waals surface area contributed by atoms with Crippen LogP contribution in [0.5, 0.6) is 0 Å². The van der Waals surface area contributed by atoms with Crippen LogP contribution in [0.3, 0.4) is 0 Å². The monoisotopic (exact) mass is 215 g/mol. The maximum absolute atomic E-state index is 5.61. The maximum atomic E-state index is 5.61. The van der Waals surface area contributed by atoms with E-state index in [1.54, 1.807) is 0 Å². The second-order valence-electron chi connectivity index (χ2n) is 5.92. The van der Waals surface area contributed by atoms with Crippen LogP contribution in [-0.4, -0.2) is 25.8 Å². The largest absolute Gasteiger partial charge is 0.381 e. The normalized spacial score (nSPS) is 12.8. The van der Waals surface area contributed by atoms with E-state index in [9.17, 15) is 0 Å². The van der Waals surface area contributed by atoms with Crippen molar-refractivity contribution in [1.29, 1.82) is 0 Å². The van der Waals surface area contributed by atoms with Gasteiger partial charge in [-0.3, -0.25) is 0 Å². The van der Waals surface area contributed by atoms with Gasteiger partial charge < -0.3 is 10.1 Å². The van der Waals surface area contributed by atoms with E-state index in [0.29, 0.717) is 17.4 Å². The summed E-state index contributed by atoms with van der Waals surface area (Å²) in [5.41, 5.74) is 0.335. The molecule has 0 amide bonds. The standard InChI is InChI=1S/C13H29NO/c1-11(2)9-15-8-7-13(5,6)10-14-12(3)4/h11-12,14H,7-10H2,1-6H3. The Balaban J connectivity index is 3.55. The first-order chi connectivity index (χ1) is 6.83. The van der Waals surface area contributed by atoms with Crippen molar-refractivity contribution in [1.82, 2.24) is 5.32 Å². The molecule has 0 unspecified atom stereocenters. The number of ether oxygens (including phenoxy) is 1. The van der Waals surface area contributed by atoms with Crippen molar-refractivity contribution >= 4 is 0 Å². The maximum Gasteiger partial charge on any atom is 0.0488 e. The zero-order valence-electron chi connectivity index (χ0n) is 11.4. The first-order valence-electron chi connectivity index (χ1n) is 6.14.